The fraction of sp³-hybridized carbons (Fsp3) is 0.375. The predicted octanol–water partition coefficient (Wildman–Crippen LogP) is 2.89. The van der Waals surface area contributed by atoms with E-state index in [1.807, 2.05) is 12.5 Å². The maximum absolute atomic E-state index is 11.4. The standard InChI is InChI=1S/C9H12N2O2S.C7H8N2O2S/c1-4-13-8(12)7-5-10-9(14-3)11-6(7)2;1-4-5(6(10)11)3-8-7(9-4)12-2/h5H,4H2,1-3H3;3H,1-2H3,(H,10,11). The molecule has 0 radical (unpaired) electrons. The molecule has 2 aromatic rings. The number of carboxylic acids is 1. The van der Waals surface area contributed by atoms with Gasteiger partial charge in [0.1, 0.15) is 0 Å². The van der Waals surface area contributed by atoms with Crippen molar-refractivity contribution in [2.75, 3.05) is 19.1 Å². The molecule has 0 saturated carbocycles. The summed E-state index contributed by atoms with van der Waals surface area (Å²) in [5.74, 6) is -1.35. The van der Waals surface area contributed by atoms with Crippen LogP contribution in [0.15, 0.2) is 22.7 Å². The number of esters is 1. The molecule has 0 spiro atoms. The second-order valence-corrected chi connectivity index (χ2v) is 6.28. The van der Waals surface area contributed by atoms with Gasteiger partial charge in [0, 0.05) is 12.4 Å². The number of thioether (sulfide) groups is 2. The van der Waals surface area contributed by atoms with Crippen molar-refractivity contribution in [2.45, 2.75) is 31.1 Å². The molecule has 0 aliphatic carbocycles. The minimum absolute atomic E-state index is 0.160. The van der Waals surface area contributed by atoms with Crippen LogP contribution in [0.5, 0.6) is 0 Å². The molecule has 2 rings (SSSR count). The van der Waals surface area contributed by atoms with Gasteiger partial charge in [-0.1, -0.05) is 23.5 Å². The van der Waals surface area contributed by atoms with E-state index in [0.717, 1.165) is 0 Å². The number of ether oxygens (including phenoxy) is 1. The summed E-state index contributed by atoms with van der Waals surface area (Å²) >= 11 is 2.83. The molecule has 1 N–H and O–H groups in total. The molecule has 8 nitrogen and oxygen atoms in total. The molecule has 2 heterocycles. The first-order valence-electron chi connectivity index (χ1n) is 7.49. The largest absolute Gasteiger partial charge is 0.478 e. The third-order valence-electron chi connectivity index (χ3n) is 3.01. The molecular weight excluding hydrogens is 376 g/mol. The van der Waals surface area contributed by atoms with Gasteiger partial charge in [-0.3, -0.25) is 0 Å². The monoisotopic (exact) mass is 396 g/mol. The van der Waals surface area contributed by atoms with Crippen LogP contribution in [0.1, 0.15) is 39.0 Å². The maximum Gasteiger partial charge on any atom is 0.341 e. The number of aromatic carboxylic acids is 1. The van der Waals surface area contributed by atoms with E-state index in [0.29, 0.717) is 33.9 Å². The zero-order valence-electron chi connectivity index (χ0n) is 15.1. The lowest BCUT2D eigenvalue weighted by atomic mass is 10.2. The van der Waals surface area contributed by atoms with Crippen molar-refractivity contribution >= 4 is 35.5 Å². The van der Waals surface area contributed by atoms with Crippen molar-refractivity contribution in [3.8, 4) is 0 Å². The highest BCUT2D eigenvalue weighted by molar-refractivity contribution is 7.98. The van der Waals surface area contributed by atoms with Gasteiger partial charge in [-0.25, -0.2) is 29.5 Å². The van der Waals surface area contributed by atoms with E-state index in [1.165, 1.54) is 35.9 Å². The van der Waals surface area contributed by atoms with Gasteiger partial charge in [0.05, 0.1) is 29.1 Å². The van der Waals surface area contributed by atoms with Crippen LogP contribution >= 0.6 is 23.5 Å². The normalized spacial score (nSPS) is 9.88. The van der Waals surface area contributed by atoms with Gasteiger partial charge in [0.15, 0.2) is 10.3 Å². The molecule has 2 aromatic heterocycles. The molecule has 0 amide bonds. The van der Waals surface area contributed by atoms with Crippen molar-refractivity contribution in [1.82, 2.24) is 19.9 Å². The fourth-order valence-electron chi connectivity index (χ4n) is 1.71. The summed E-state index contributed by atoms with van der Waals surface area (Å²) in [5, 5.41) is 9.90. The Bertz CT molecular complexity index is 787. The minimum Gasteiger partial charge on any atom is -0.478 e. The molecule has 10 heteroatoms. The van der Waals surface area contributed by atoms with Crippen molar-refractivity contribution in [2.24, 2.45) is 0 Å². The van der Waals surface area contributed by atoms with Crippen molar-refractivity contribution in [3.05, 3.63) is 34.9 Å². The Morgan fingerprint density at radius 2 is 1.46 bits per heavy atom. The van der Waals surface area contributed by atoms with Crippen LogP contribution < -0.4 is 0 Å². The molecule has 0 bridgehead atoms. The summed E-state index contributed by atoms with van der Waals surface area (Å²) in [6, 6.07) is 0. The van der Waals surface area contributed by atoms with Crippen LogP contribution in [0, 0.1) is 13.8 Å². The van der Waals surface area contributed by atoms with Crippen molar-refractivity contribution in [1.29, 1.82) is 0 Å². The Balaban J connectivity index is 0.000000263. The Morgan fingerprint density at radius 1 is 1.00 bits per heavy atom. The van der Waals surface area contributed by atoms with Gasteiger partial charge < -0.3 is 9.84 Å². The van der Waals surface area contributed by atoms with E-state index in [1.54, 1.807) is 20.8 Å². The second-order valence-electron chi connectivity index (χ2n) is 4.74. The highest BCUT2D eigenvalue weighted by Gasteiger charge is 2.12. The average molecular weight is 396 g/mol. The molecule has 0 fully saturated rings. The number of hydrogen-bond acceptors (Lipinski definition) is 9. The number of carbonyl (C=O) groups excluding carboxylic acids is 1. The molecule has 0 aliphatic heterocycles. The topological polar surface area (TPSA) is 115 Å². The van der Waals surface area contributed by atoms with E-state index in [4.69, 9.17) is 9.84 Å². The van der Waals surface area contributed by atoms with Gasteiger partial charge in [-0.2, -0.15) is 0 Å². The first-order valence-corrected chi connectivity index (χ1v) is 9.94. The molecule has 140 valence electrons. The molecule has 0 atom stereocenters. The highest BCUT2D eigenvalue weighted by atomic mass is 32.2. The third kappa shape index (κ3) is 6.26. The number of nitrogens with zero attached hydrogens (tertiary/aromatic N) is 4. The van der Waals surface area contributed by atoms with Crippen LogP contribution in [-0.2, 0) is 4.74 Å². The number of aromatic nitrogens is 4. The highest BCUT2D eigenvalue weighted by Crippen LogP contribution is 2.12. The SMILES string of the molecule is CCOC(=O)c1cnc(SC)nc1C.CSc1ncc(C(=O)O)c(C)n1. The molecular formula is C16H20N4O4S2. The summed E-state index contributed by atoms with van der Waals surface area (Å²) in [6.45, 7) is 5.56. The Morgan fingerprint density at radius 3 is 1.81 bits per heavy atom. The molecule has 0 aliphatic rings. The lowest BCUT2D eigenvalue weighted by Crippen LogP contribution is -2.09. The van der Waals surface area contributed by atoms with Crippen LogP contribution in [0.4, 0.5) is 0 Å². The maximum atomic E-state index is 11.4. The molecule has 0 saturated heterocycles. The predicted molar refractivity (Wildman–Crippen MR) is 100 cm³/mol. The third-order valence-corrected chi connectivity index (χ3v) is 4.13. The smallest absolute Gasteiger partial charge is 0.341 e. The second kappa shape index (κ2) is 10.7. The zero-order chi connectivity index (χ0) is 19.7. The lowest BCUT2D eigenvalue weighted by Gasteiger charge is -2.04. The summed E-state index contributed by atoms with van der Waals surface area (Å²) in [5.41, 5.74) is 1.75. The Kier molecular flexibility index (Phi) is 9.00. The molecule has 0 unspecified atom stereocenters. The quantitative estimate of drug-likeness (QED) is 0.459. The van der Waals surface area contributed by atoms with Gasteiger partial charge in [0.2, 0.25) is 0 Å². The number of carboxylic acid groups (broad SMARTS) is 1. The van der Waals surface area contributed by atoms with E-state index < -0.39 is 5.97 Å². The van der Waals surface area contributed by atoms with Crippen LogP contribution in [-0.4, -0.2) is 56.1 Å². The van der Waals surface area contributed by atoms with Gasteiger partial charge in [0.25, 0.3) is 0 Å². The van der Waals surface area contributed by atoms with Crippen LogP contribution in [0.2, 0.25) is 0 Å². The number of aryl methyl sites for hydroxylation is 2. The van der Waals surface area contributed by atoms with Gasteiger partial charge in [-0.05, 0) is 33.3 Å². The Labute approximate surface area is 160 Å². The van der Waals surface area contributed by atoms with E-state index in [9.17, 15) is 9.59 Å². The van der Waals surface area contributed by atoms with Gasteiger partial charge in [-0.15, -0.1) is 0 Å². The van der Waals surface area contributed by atoms with Crippen molar-refractivity contribution < 1.29 is 19.4 Å². The molecule has 26 heavy (non-hydrogen) atoms. The zero-order valence-corrected chi connectivity index (χ0v) is 16.8. The summed E-state index contributed by atoms with van der Waals surface area (Å²) in [4.78, 5) is 37.9. The van der Waals surface area contributed by atoms with Crippen LogP contribution in [0.3, 0.4) is 0 Å². The minimum atomic E-state index is -0.986. The van der Waals surface area contributed by atoms with E-state index >= 15 is 0 Å². The van der Waals surface area contributed by atoms with Gasteiger partial charge >= 0.3 is 11.9 Å². The molecule has 0 aromatic carbocycles. The van der Waals surface area contributed by atoms with E-state index in [2.05, 4.69) is 19.9 Å². The first kappa shape index (κ1) is 21.8. The Hall–Kier alpha value is -2.20. The average Bonchev–Trinajstić information content (AvgIpc) is 2.61. The lowest BCUT2D eigenvalue weighted by molar-refractivity contribution is 0.0523. The van der Waals surface area contributed by atoms with E-state index in [-0.39, 0.29) is 11.5 Å². The van der Waals surface area contributed by atoms with Crippen molar-refractivity contribution in [3.63, 3.8) is 0 Å². The fourth-order valence-corrected chi connectivity index (χ4v) is 2.48. The summed E-state index contributed by atoms with van der Waals surface area (Å²) in [6.07, 6.45) is 6.57. The summed E-state index contributed by atoms with van der Waals surface area (Å²) < 4.78 is 4.86. The number of rotatable bonds is 5. The number of hydrogen-bond donors (Lipinski definition) is 1. The van der Waals surface area contributed by atoms with Crippen LogP contribution in [0.25, 0.3) is 0 Å². The summed E-state index contributed by atoms with van der Waals surface area (Å²) in [7, 11) is 0. The first-order chi connectivity index (χ1) is 12.3. The number of carbonyl (C=O) groups is 2.